The SMILES string of the molecule is C=C(C)C1CCC23CC=CC4CCCC42C(CNCC)=CC(C)=C3C1. The molecule has 0 bridgehead atoms. The number of likely N-dealkylation sites (N-methyl/N-ethyl adjacent to an activating group) is 1. The molecule has 2 spiro atoms. The largest absolute Gasteiger partial charge is 0.313 e. The number of allylic oxidation sites excluding steroid dienone is 6. The molecule has 2 saturated carbocycles. The molecule has 4 aliphatic carbocycles. The van der Waals surface area contributed by atoms with Crippen LogP contribution >= 0.6 is 0 Å². The van der Waals surface area contributed by atoms with E-state index in [2.05, 4.69) is 50.9 Å². The molecule has 0 aromatic heterocycles. The van der Waals surface area contributed by atoms with Gasteiger partial charge >= 0.3 is 0 Å². The van der Waals surface area contributed by atoms with Crippen molar-refractivity contribution >= 4 is 0 Å². The molecule has 2 fully saturated rings. The van der Waals surface area contributed by atoms with Gasteiger partial charge in [0, 0.05) is 17.4 Å². The van der Waals surface area contributed by atoms with Crippen LogP contribution in [0.3, 0.4) is 0 Å². The van der Waals surface area contributed by atoms with Crippen molar-refractivity contribution in [1.29, 1.82) is 0 Å². The highest BCUT2D eigenvalue weighted by molar-refractivity contribution is 5.49. The second-order valence-electron chi connectivity index (χ2n) is 9.08. The molecule has 4 rings (SSSR count). The van der Waals surface area contributed by atoms with Gasteiger partial charge in [-0.1, -0.05) is 54.9 Å². The summed E-state index contributed by atoms with van der Waals surface area (Å²) >= 11 is 0. The predicted octanol–water partition coefficient (Wildman–Crippen LogP) is 5.96. The Morgan fingerprint density at radius 1 is 1.32 bits per heavy atom. The fourth-order valence-electron chi connectivity index (χ4n) is 6.95. The van der Waals surface area contributed by atoms with Crippen molar-refractivity contribution in [1.82, 2.24) is 5.32 Å². The van der Waals surface area contributed by atoms with Gasteiger partial charge in [-0.25, -0.2) is 0 Å². The third-order valence-electron chi connectivity index (χ3n) is 8.06. The molecule has 4 atom stereocenters. The molecule has 25 heavy (non-hydrogen) atoms. The van der Waals surface area contributed by atoms with Gasteiger partial charge in [-0.3, -0.25) is 0 Å². The lowest BCUT2D eigenvalue weighted by molar-refractivity contribution is 0.0341. The van der Waals surface area contributed by atoms with Gasteiger partial charge in [0.15, 0.2) is 0 Å². The van der Waals surface area contributed by atoms with Gasteiger partial charge in [0.1, 0.15) is 0 Å². The van der Waals surface area contributed by atoms with Crippen molar-refractivity contribution in [3.8, 4) is 0 Å². The first-order valence-electron chi connectivity index (χ1n) is 10.5. The van der Waals surface area contributed by atoms with E-state index in [0.717, 1.165) is 19.0 Å². The van der Waals surface area contributed by atoms with Gasteiger partial charge in [-0.05, 0) is 76.3 Å². The lowest BCUT2D eigenvalue weighted by Gasteiger charge is -2.61. The highest BCUT2D eigenvalue weighted by Gasteiger charge is 2.62. The van der Waals surface area contributed by atoms with E-state index < -0.39 is 0 Å². The topological polar surface area (TPSA) is 12.0 Å². The highest BCUT2D eigenvalue weighted by atomic mass is 14.9. The third kappa shape index (κ3) is 2.31. The third-order valence-corrected chi connectivity index (χ3v) is 8.06. The molecule has 0 radical (unpaired) electrons. The minimum Gasteiger partial charge on any atom is -0.313 e. The average molecular weight is 338 g/mol. The predicted molar refractivity (Wildman–Crippen MR) is 107 cm³/mol. The molecule has 0 saturated heterocycles. The zero-order valence-corrected chi connectivity index (χ0v) is 16.5. The molecule has 1 nitrogen and oxygen atoms in total. The fourth-order valence-corrected chi connectivity index (χ4v) is 6.95. The van der Waals surface area contributed by atoms with Gasteiger partial charge in [-0.2, -0.15) is 0 Å². The van der Waals surface area contributed by atoms with Crippen LogP contribution in [0.1, 0.15) is 65.7 Å². The summed E-state index contributed by atoms with van der Waals surface area (Å²) in [6.45, 7) is 13.3. The van der Waals surface area contributed by atoms with Gasteiger partial charge in [0.25, 0.3) is 0 Å². The Balaban J connectivity index is 1.85. The van der Waals surface area contributed by atoms with Crippen LogP contribution in [0.15, 0.2) is 47.1 Å². The van der Waals surface area contributed by atoms with Crippen molar-refractivity contribution in [2.75, 3.05) is 13.1 Å². The Labute approximate surface area is 154 Å². The van der Waals surface area contributed by atoms with Crippen LogP contribution in [0.25, 0.3) is 0 Å². The van der Waals surface area contributed by atoms with Crippen LogP contribution in [-0.2, 0) is 0 Å². The van der Waals surface area contributed by atoms with Crippen molar-refractivity contribution in [3.63, 3.8) is 0 Å². The first kappa shape index (κ1) is 17.3. The van der Waals surface area contributed by atoms with E-state index in [9.17, 15) is 0 Å². The molecule has 0 amide bonds. The van der Waals surface area contributed by atoms with E-state index in [1.165, 1.54) is 50.5 Å². The normalized spacial score (nSPS) is 39.6. The molecule has 0 aliphatic heterocycles. The summed E-state index contributed by atoms with van der Waals surface area (Å²) in [7, 11) is 0. The van der Waals surface area contributed by atoms with Crippen LogP contribution in [0.2, 0.25) is 0 Å². The maximum atomic E-state index is 4.30. The van der Waals surface area contributed by atoms with Crippen LogP contribution in [0, 0.1) is 22.7 Å². The van der Waals surface area contributed by atoms with Gasteiger partial charge < -0.3 is 5.32 Å². The lowest BCUT2D eigenvalue weighted by atomic mass is 9.43. The van der Waals surface area contributed by atoms with E-state index in [1.807, 2.05) is 0 Å². The highest BCUT2D eigenvalue weighted by Crippen LogP contribution is 2.71. The van der Waals surface area contributed by atoms with Crippen LogP contribution < -0.4 is 5.32 Å². The number of rotatable bonds is 4. The quantitative estimate of drug-likeness (QED) is 0.624. The van der Waals surface area contributed by atoms with E-state index in [4.69, 9.17) is 0 Å². The number of hydrogen-bond acceptors (Lipinski definition) is 1. The summed E-state index contributed by atoms with van der Waals surface area (Å²) < 4.78 is 0. The van der Waals surface area contributed by atoms with Gasteiger partial charge in [0.05, 0.1) is 0 Å². The molecule has 0 aromatic carbocycles. The molecule has 4 aliphatic rings. The van der Waals surface area contributed by atoms with Gasteiger partial charge in [0.2, 0.25) is 0 Å². The molecule has 0 heterocycles. The standard InChI is InChI=1S/C24H35N/c1-5-25-16-21-14-18(4)22-15-19(17(2)3)10-13-23(22)11-6-8-20-9-7-12-24(20,21)23/h6,8,14,19-20,25H,2,5,7,9-13,15-16H2,1,3-4H3. The van der Waals surface area contributed by atoms with Crippen LogP contribution in [0.5, 0.6) is 0 Å². The molecule has 0 aromatic rings. The first-order chi connectivity index (χ1) is 12.0. The maximum Gasteiger partial charge on any atom is 0.0173 e. The van der Waals surface area contributed by atoms with Crippen LogP contribution in [0.4, 0.5) is 0 Å². The molecule has 1 N–H and O–H groups in total. The minimum atomic E-state index is 0.401. The van der Waals surface area contributed by atoms with E-state index in [0.29, 0.717) is 16.7 Å². The average Bonchev–Trinajstić information content (AvgIpc) is 3.04. The molecule has 1 heteroatoms. The summed E-state index contributed by atoms with van der Waals surface area (Å²) in [6, 6.07) is 0. The second kappa shape index (κ2) is 6.27. The molecular weight excluding hydrogens is 302 g/mol. The maximum absolute atomic E-state index is 4.30. The first-order valence-corrected chi connectivity index (χ1v) is 10.5. The second-order valence-corrected chi connectivity index (χ2v) is 9.08. The van der Waals surface area contributed by atoms with E-state index in [1.54, 1.807) is 16.7 Å². The van der Waals surface area contributed by atoms with Crippen molar-refractivity contribution in [3.05, 3.63) is 47.1 Å². The van der Waals surface area contributed by atoms with Crippen molar-refractivity contribution < 1.29 is 0 Å². The monoisotopic (exact) mass is 337 g/mol. The Morgan fingerprint density at radius 2 is 2.16 bits per heavy atom. The lowest BCUT2D eigenvalue weighted by Crippen LogP contribution is -2.53. The van der Waals surface area contributed by atoms with E-state index >= 15 is 0 Å². The number of nitrogens with one attached hydrogen (secondary N) is 1. The Hall–Kier alpha value is -1.08. The Morgan fingerprint density at radius 3 is 2.92 bits per heavy atom. The summed E-state index contributed by atoms with van der Waals surface area (Å²) in [5.41, 5.74) is 7.28. The summed E-state index contributed by atoms with van der Waals surface area (Å²) in [6.07, 6.45) is 17.1. The fraction of sp³-hybridized carbons (Fsp3) is 0.667. The minimum absolute atomic E-state index is 0.401. The summed E-state index contributed by atoms with van der Waals surface area (Å²) in [4.78, 5) is 0. The summed E-state index contributed by atoms with van der Waals surface area (Å²) in [5, 5.41) is 3.67. The smallest absolute Gasteiger partial charge is 0.0173 e. The van der Waals surface area contributed by atoms with Crippen molar-refractivity contribution in [2.24, 2.45) is 22.7 Å². The Kier molecular flexibility index (Phi) is 4.35. The number of hydrogen-bond donors (Lipinski definition) is 1. The van der Waals surface area contributed by atoms with Crippen LogP contribution in [-0.4, -0.2) is 13.1 Å². The molecule has 4 unspecified atom stereocenters. The molecule has 136 valence electrons. The molecular formula is C24H35N. The summed E-state index contributed by atoms with van der Waals surface area (Å²) in [5.74, 6) is 1.46. The zero-order chi connectivity index (χ0) is 17.7. The zero-order valence-electron chi connectivity index (χ0n) is 16.5. The van der Waals surface area contributed by atoms with E-state index in [-0.39, 0.29) is 0 Å². The Bertz CT molecular complexity index is 664. The van der Waals surface area contributed by atoms with Crippen molar-refractivity contribution in [2.45, 2.75) is 65.7 Å². The van der Waals surface area contributed by atoms with Gasteiger partial charge in [-0.15, -0.1) is 0 Å².